The topological polar surface area (TPSA) is 61.8 Å². The number of hydrazone groups is 1. The van der Waals surface area contributed by atoms with Gasteiger partial charge in [-0.05, 0) is 17.7 Å². The number of rotatable bonds is 3. The molecular formula is C17H15N3O2. The quantitative estimate of drug-likeness (QED) is 0.877. The summed E-state index contributed by atoms with van der Waals surface area (Å²) in [6, 6.07) is 18.4. The highest BCUT2D eigenvalue weighted by molar-refractivity contribution is 6.31. The summed E-state index contributed by atoms with van der Waals surface area (Å²) >= 11 is 0. The number of carbonyl (C=O) groups excluding carboxylic acids is 2. The first-order chi connectivity index (χ1) is 10.7. The molecule has 2 aromatic carbocycles. The fourth-order valence-corrected chi connectivity index (χ4v) is 2.42. The van der Waals surface area contributed by atoms with Gasteiger partial charge in [0.1, 0.15) is 0 Å². The molecule has 1 unspecified atom stereocenters. The molecule has 1 heterocycles. The number of benzene rings is 2. The van der Waals surface area contributed by atoms with Gasteiger partial charge in [0, 0.05) is 7.05 Å². The molecule has 0 aliphatic carbocycles. The fraction of sp³-hybridized carbons (Fsp3) is 0.118. The normalized spacial score (nSPS) is 17.3. The lowest BCUT2D eigenvalue weighted by molar-refractivity contribution is -0.129. The highest BCUT2D eigenvalue weighted by Gasteiger charge is 2.41. The maximum absolute atomic E-state index is 12.6. The van der Waals surface area contributed by atoms with Gasteiger partial charge in [-0.25, -0.2) is 0 Å². The minimum atomic E-state index is -0.924. The third kappa shape index (κ3) is 2.37. The molecule has 2 amide bonds. The summed E-state index contributed by atoms with van der Waals surface area (Å²) in [6.07, 6.45) is 0. The SMILES string of the molecule is CNC(=O)C1C(=O)N(c2ccccc2)N=C1c1ccccc1. The number of nitrogens with zero attached hydrogens (tertiary/aromatic N) is 2. The third-order valence-electron chi connectivity index (χ3n) is 3.52. The number of nitrogens with one attached hydrogen (secondary N) is 1. The van der Waals surface area contributed by atoms with E-state index in [0.717, 1.165) is 5.56 Å². The molecular weight excluding hydrogens is 278 g/mol. The van der Waals surface area contributed by atoms with Gasteiger partial charge < -0.3 is 5.32 Å². The molecule has 3 rings (SSSR count). The predicted molar refractivity (Wildman–Crippen MR) is 84.5 cm³/mol. The number of para-hydroxylation sites is 1. The molecule has 1 atom stereocenters. The Hall–Kier alpha value is -2.95. The van der Waals surface area contributed by atoms with E-state index in [9.17, 15) is 9.59 Å². The summed E-state index contributed by atoms with van der Waals surface area (Å²) in [4.78, 5) is 24.8. The first-order valence-electron chi connectivity index (χ1n) is 6.97. The molecule has 22 heavy (non-hydrogen) atoms. The molecule has 0 bridgehead atoms. The molecule has 0 radical (unpaired) electrons. The van der Waals surface area contributed by atoms with Crippen molar-refractivity contribution in [2.24, 2.45) is 11.0 Å². The van der Waals surface area contributed by atoms with Crippen LogP contribution >= 0.6 is 0 Å². The van der Waals surface area contributed by atoms with Crippen LogP contribution < -0.4 is 10.3 Å². The van der Waals surface area contributed by atoms with Crippen LogP contribution in [0.4, 0.5) is 5.69 Å². The summed E-state index contributed by atoms with van der Waals surface area (Å²) in [6.45, 7) is 0. The van der Waals surface area contributed by atoms with Crippen LogP contribution in [0, 0.1) is 5.92 Å². The Morgan fingerprint density at radius 3 is 2.23 bits per heavy atom. The van der Waals surface area contributed by atoms with Crippen molar-refractivity contribution in [3.8, 4) is 0 Å². The van der Waals surface area contributed by atoms with E-state index in [1.807, 2.05) is 48.5 Å². The second-order valence-electron chi connectivity index (χ2n) is 4.88. The Labute approximate surface area is 128 Å². The lowest BCUT2D eigenvalue weighted by atomic mass is 9.96. The lowest BCUT2D eigenvalue weighted by Gasteiger charge is -2.13. The van der Waals surface area contributed by atoms with Crippen molar-refractivity contribution in [1.29, 1.82) is 0 Å². The molecule has 0 saturated heterocycles. The minimum absolute atomic E-state index is 0.343. The maximum Gasteiger partial charge on any atom is 0.266 e. The van der Waals surface area contributed by atoms with E-state index < -0.39 is 5.92 Å². The Balaban J connectivity index is 2.07. The summed E-state index contributed by atoms with van der Waals surface area (Å²) in [5.74, 6) is -1.62. The average molecular weight is 293 g/mol. The van der Waals surface area contributed by atoms with Gasteiger partial charge in [0.05, 0.1) is 11.4 Å². The van der Waals surface area contributed by atoms with Crippen molar-refractivity contribution in [3.63, 3.8) is 0 Å². The van der Waals surface area contributed by atoms with Crippen molar-refractivity contribution >= 4 is 23.2 Å². The number of amides is 2. The average Bonchev–Trinajstić information content (AvgIpc) is 2.93. The zero-order valence-corrected chi connectivity index (χ0v) is 12.1. The molecule has 0 spiro atoms. The molecule has 110 valence electrons. The molecule has 0 aromatic heterocycles. The maximum atomic E-state index is 12.6. The van der Waals surface area contributed by atoms with Crippen LogP contribution in [0.15, 0.2) is 65.8 Å². The van der Waals surface area contributed by atoms with E-state index in [4.69, 9.17) is 0 Å². The number of hydrogen-bond acceptors (Lipinski definition) is 3. The van der Waals surface area contributed by atoms with E-state index in [2.05, 4.69) is 10.4 Å². The highest BCUT2D eigenvalue weighted by Crippen LogP contribution is 2.26. The monoisotopic (exact) mass is 293 g/mol. The van der Waals surface area contributed by atoms with Crippen molar-refractivity contribution in [1.82, 2.24) is 5.32 Å². The van der Waals surface area contributed by atoms with Crippen LogP contribution in [0.1, 0.15) is 5.56 Å². The molecule has 1 aliphatic heterocycles. The largest absolute Gasteiger partial charge is 0.358 e. The summed E-state index contributed by atoms with van der Waals surface area (Å²) in [7, 11) is 1.52. The lowest BCUT2D eigenvalue weighted by Crippen LogP contribution is -2.39. The Kier molecular flexibility index (Phi) is 3.70. The van der Waals surface area contributed by atoms with Crippen molar-refractivity contribution in [2.45, 2.75) is 0 Å². The van der Waals surface area contributed by atoms with Gasteiger partial charge >= 0.3 is 0 Å². The van der Waals surface area contributed by atoms with Gasteiger partial charge in [0.25, 0.3) is 5.91 Å². The molecule has 0 saturated carbocycles. The number of anilines is 1. The third-order valence-corrected chi connectivity index (χ3v) is 3.52. The smallest absolute Gasteiger partial charge is 0.266 e. The Morgan fingerprint density at radius 2 is 1.64 bits per heavy atom. The number of carbonyl (C=O) groups is 2. The summed E-state index contributed by atoms with van der Waals surface area (Å²) in [5.41, 5.74) is 1.88. The van der Waals surface area contributed by atoms with Crippen LogP contribution in [0.25, 0.3) is 0 Å². The molecule has 5 nitrogen and oxygen atoms in total. The first-order valence-corrected chi connectivity index (χ1v) is 6.97. The zero-order valence-electron chi connectivity index (χ0n) is 12.1. The second kappa shape index (κ2) is 5.81. The zero-order chi connectivity index (χ0) is 15.5. The van der Waals surface area contributed by atoms with Gasteiger partial charge in [-0.1, -0.05) is 48.5 Å². The number of hydrogen-bond donors (Lipinski definition) is 1. The summed E-state index contributed by atoms with van der Waals surface area (Å²) in [5, 5.41) is 8.24. The predicted octanol–water partition coefficient (Wildman–Crippen LogP) is 1.80. The van der Waals surface area contributed by atoms with Crippen LogP contribution in [0.3, 0.4) is 0 Å². The molecule has 1 aliphatic rings. The van der Waals surface area contributed by atoms with E-state index in [-0.39, 0.29) is 11.8 Å². The molecule has 2 aromatic rings. The highest BCUT2D eigenvalue weighted by atomic mass is 16.2. The van der Waals surface area contributed by atoms with Crippen LogP contribution in [-0.2, 0) is 9.59 Å². The van der Waals surface area contributed by atoms with E-state index >= 15 is 0 Å². The van der Waals surface area contributed by atoms with E-state index in [1.54, 1.807) is 12.1 Å². The van der Waals surface area contributed by atoms with Gasteiger partial charge in [-0.15, -0.1) is 0 Å². The van der Waals surface area contributed by atoms with Crippen LogP contribution in [-0.4, -0.2) is 24.6 Å². The van der Waals surface area contributed by atoms with Gasteiger partial charge in [-0.2, -0.15) is 10.1 Å². The molecule has 1 N–H and O–H groups in total. The van der Waals surface area contributed by atoms with E-state index in [0.29, 0.717) is 11.4 Å². The van der Waals surface area contributed by atoms with Crippen molar-refractivity contribution in [3.05, 3.63) is 66.2 Å². The first kappa shape index (κ1) is 14.0. The molecule has 0 fully saturated rings. The van der Waals surface area contributed by atoms with E-state index in [1.165, 1.54) is 12.1 Å². The standard InChI is InChI=1S/C17H15N3O2/c1-18-16(21)14-15(12-8-4-2-5-9-12)19-20(17(14)22)13-10-6-3-7-11-13/h2-11,14H,1H3,(H,18,21). The minimum Gasteiger partial charge on any atom is -0.358 e. The van der Waals surface area contributed by atoms with Crippen LogP contribution in [0.5, 0.6) is 0 Å². The summed E-state index contributed by atoms with van der Waals surface area (Å²) < 4.78 is 0. The molecule has 5 heteroatoms. The Bertz CT molecular complexity index is 726. The van der Waals surface area contributed by atoms with Gasteiger partial charge in [0.2, 0.25) is 5.91 Å². The van der Waals surface area contributed by atoms with Gasteiger partial charge in [0.15, 0.2) is 5.92 Å². The van der Waals surface area contributed by atoms with Crippen molar-refractivity contribution in [2.75, 3.05) is 12.1 Å². The van der Waals surface area contributed by atoms with Gasteiger partial charge in [-0.3, -0.25) is 9.59 Å². The fourth-order valence-electron chi connectivity index (χ4n) is 2.42. The van der Waals surface area contributed by atoms with Crippen molar-refractivity contribution < 1.29 is 9.59 Å². The van der Waals surface area contributed by atoms with Crippen LogP contribution in [0.2, 0.25) is 0 Å². The second-order valence-corrected chi connectivity index (χ2v) is 4.88. The Morgan fingerprint density at radius 1 is 1.05 bits per heavy atom.